The smallest absolute Gasteiger partial charge is 0.125 e. The van der Waals surface area contributed by atoms with Crippen molar-refractivity contribution < 1.29 is 9.84 Å². The Morgan fingerprint density at radius 1 is 1.00 bits per heavy atom. The van der Waals surface area contributed by atoms with Gasteiger partial charge in [-0.3, -0.25) is 4.90 Å². The van der Waals surface area contributed by atoms with E-state index in [-0.39, 0.29) is 0 Å². The fourth-order valence-electron chi connectivity index (χ4n) is 3.07. The van der Waals surface area contributed by atoms with Gasteiger partial charge in [-0.15, -0.1) is 0 Å². The van der Waals surface area contributed by atoms with E-state index in [1.54, 1.807) is 0 Å². The van der Waals surface area contributed by atoms with E-state index in [9.17, 15) is 5.11 Å². The van der Waals surface area contributed by atoms with Gasteiger partial charge in [0.15, 0.2) is 0 Å². The van der Waals surface area contributed by atoms with Gasteiger partial charge in [-0.2, -0.15) is 0 Å². The number of phenolic OH excluding ortho intramolecular Hbond substituents is 1. The van der Waals surface area contributed by atoms with E-state index in [0.29, 0.717) is 5.75 Å². The molecule has 3 heteroatoms. The molecule has 1 saturated heterocycles. The Morgan fingerprint density at radius 3 is 2.46 bits per heavy atom. The number of ether oxygens (including phenoxy) is 1. The van der Waals surface area contributed by atoms with E-state index in [1.807, 2.05) is 25.1 Å². The maximum absolute atomic E-state index is 10.4. The first-order valence-electron chi connectivity index (χ1n) is 8.50. The van der Waals surface area contributed by atoms with Gasteiger partial charge in [-0.05, 0) is 42.2 Å². The van der Waals surface area contributed by atoms with Crippen LogP contribution in [0.25, 0.3) is 12.2 Å². The van der Waals surface area contributed by atoms with Crippen molar-refractivity contribution in [2.45, 2.75) is 20.4 Å². The highest BCUT2D eigenvalue weighted by Gasteiger charge is 2.12. The lowest BCUT2D eigenvalue weighted by molar-refractivity contribution is 0.0342. The lowest BCUT2D eigenvalue weighted by atomic mass is 10.0. The third-order valence-electron chi connectivity index (χ3n) is 4.53. The van der Waals surface area contributed by atoms with Crippen LogP contribution < -0.4 is 0 Å². The number of morpholine rings is 1. The Bertz CT molecular complexity index is 731. The van der Waals surface area contributed by atoms with Gasteiger partial charge in [0.25, 0.3) is 0 Å². The van der Waals surface area contributed by atoms with Crippen molar-refractivity contribution in [1.29, 1.82) is 0 Å². The van der Waals surface area contributed by atoms with Crippen LogP contribution in [0.1, 0.15) is 27.8 Å². The van der Waals surface area contributed by atoms with Crippen molar-refractivity contribution in [2.75, 3.05) is 26.3 Å². The summed E-state index contributed by atoms with van der Waals surface area (Å²) in [5.41, 5.74) is 5.44. The first kappa shape index (κ1) is 16.7. The summed E-state index contributed by atoms with van der Waals surface area (Å²) in [5, 5.41) is 10.4. The number of benzene rings is 2. The molecule has 1 heterocycles. The van der Waals surface area contributed by atoms with Crippen molar-refractivity contribution in [2.24, 2.45) is 0 Å². The zero-order chi connectivity index (χ0) is 16.9. The number of hydrogen-bond acceptors (Lipinski definition) is 3. The van der Waals surface area contributed by atoms with Crippen molar-refractivity contribution in [3.63, 3.8) is 0 Å². The van der Waals surface area contributed by atoms with E-state index >= 15 is 0 Å². The highest BCUT2D eigenvalue weighted by atomic mass is 16.5. The predicted octanol–water partition coefficient (Wildman–Crippen LogP) is 4.01. The number of aromatic hydroxyl groups is 1. The number of aryl methyl sites for hydroxylation is 2. The number of rotatable bonds is 4. The van der Waals surface area contributed by atoms with Crippen molar-refractivity contribution >= 4 is 12.2 Å². The van der Waals surface area contributed by atoms with Gasteiger partial charge in [-0.1, -0.05) is 42.5 Å². The quantitative estimate of drug-likeness (QED) is 0.863. The molecule has 1 fully saturated rings. The molecular formula is C21H25NO2. The van der Waals surface area contributed by atoms with Crippen LogP contribution >= 0.6 is 0 Å². The van der Waals surface area contributed by atoms with Gasteiger partial charge < -0.3 is 9.84 Å². The van der Waals surface area contributed by atoms with E-state index in [2.05, 4.69) is 42.2 Å². The van der Waals surface area contributed by atoms with Crippen molar-refractivity contribution in [1.82, 2.24) is 4.90 Å². The first-order valence-corrected chi connectivity index (χ1v) is 8.50. The summed E-state index contributed by atoms with van der Waals surface area (Å²) in [4.78, 5) is 2.39. The van der Waals surface area contributed by atoms with Gasteiger partial charge in [0.05, 0.1) is 13.2 Å². The largest absolute Gasteiger partial charge is 0.507 e. The summed E-state index contributed by atoms with van der Waals surface area (Å²) < 4.78 is 5.41. The van der Waals surface area contributed by atoms with E-state index in [1.165, 1.54) is 16.7 Å². The fourth-order valence-corrected chi connectivity index (χ4v) is 3.07. The molecular weight excluding hydrogens is 298 g/mol. The maximum atomic E-state index is 10.4. The molecule has 3 rings (SSSR count). The Kier molecular flexibility index (Phi) is 5.34. The predicted molar refractivity (Wildman–Crippen MR) is 99.0 cm³/mol. The van der Waals surface area contributed by atoms with Crippen LogP contribution in [0.4, 0.5) is 0 Å². The van der Waals surface area contributed by atoms with Gasteiger partial charge >= 0.3 is 0 Å². The van der Waals surface area contributed by atoms with Gasteiger partial charge in [0, 0.05) is 25.2 Å². The third-order valence-corrected chi connectivity index (χ3v) is 4.53. The Morgan fingerprint density at radius 2 is 1.71 bits per heavy atom. The molecule has 2 aromatic rings. The molecule has 0 unspecified atom stereocenters. The second kappa shape index (κ2) is 7.65. The summed E-state index contributed by atoms with van der Waals surface area (Å²) in [6, 6.07) is 12.4. The molecule has 2 aromatic carbocycles. The van der Waals surface area contributed by atoms with E-state index in [0.717, 1.165) is 44.0 Å². The lowest BCUT2D eigenvalue weighted by Gasteiger charge is -2.26. The molecule has 0 amide bonds. The summed E-state index contributed by atoms with van der Waals surface area (Å²) in [7, 11) is 0. The first-order chi connectivity index (χ1) is 11.6. The molecule has 126 valence electrons. The minimum Gasteiger partial charge on any atom is -0.507 e. The number of nitrogens with zero attached hydrogens (tertiary/aromatic N) is 1. The minimum atomic E-state index is 0.366. The molecule has 0 atom stereocenters. The van der Waals surface area contributed by atoms with Crippen molar-refractivity contribution in [3.8, 4) is 5.75 Å². The monoisotopic (exact) mass is 323 g/mol. The van der Waals surface area contributed by atoms with Crippen LogP contribution in [-0.2, 0) is 11.3 Å². The molecule has 1 aliphatic rings. The van der Waals surface area contributed by atoms with E-state index < -0.39 is 0 Å². The van der Waals surface area contributed by atoms with Crippen LogP contribution in [0, 0.1) is 13.8 Å². The number of phenols is 1. The Labute approximate surface area is 144 Å². The molecule has 3 nitrogen and oxygen atoms in total. The summed E-state index contributed by atoms with van der Waals surface area (Å²) in [6.07, 6.45) is 4.08. The molecule has 0 aliphatic carbocycles. The summed E-state index contributed by atoms with van der Waals surface area (Å²) in [5.74, 6) is 0.366. The van der Waals surface area contributed by atoms with Gasteiger partial charge in [0.1, 0.15) is 5.75 Å². The van der Waals surface area contributed by atoms with Crippen LogP contribution in [-0.4, -0.2) is 36.3 Å². The zero-order valence-corrected chi connectivity index (χ0v) is 14.5. The average molecular weight is 323 g/mol. The second-order valence-corrected chi connectivity index (χ2v) is 6.43. The SMILES string of the molecule is Cc1ccccc1/C=C/c1cc(CN2CCOCC2)cc(C)c1O. The number of hydrogen-bond donors (Lipinski definition) is 1. The molecule has 0 saturated carbocycles. The van der Waals surface area contributed by atoms with Gasteiger partial charge in [-0.25, -0.2) is 0 Å². The fraction of sp³-hybridized carbons (Fsp3) is 0.333. The lowest BCUT2D eigenvalue weighted by Crippen LogP contribution is -2.35. The van der Waals surface area contributed by atoms with E-state index in [4.69, 9.17) is 4.74 Å². The summed E-state index contributed by atoms with van der Waals surface area (Å²) >= 11 is 0. The highest BCUT2D eigenvalue weighted by molar-refractivity contribution is 5.74. The van der Waals surface area contributed by atoms with Crippen LogP contribution in [0.15, 0.2) is 36.4 Å². The average Bonchev–Trinajstić information content (AvgIpc) is 2.59. The molecule has 24 heavy (non-hydrogen) atoms. The van der Waals surface area contributed by atoms with Crippen LogP contribution in [0.2, 0.25) is 0 Å². The molecule has 0 aromatic heterocycles. The van der Waals surface area contributed by atoms with Crippen LogP contribution in [0.3, 0.4) is 0 Å². The van der Waals surface area contributed by atoms with Crippen LogP contribution in [0.5, 0.6) is 5.75 Å². The topological polar surface area (TPSA) is 32.7 Å². The standard InChI is InChI=1S/C21H25NO2/c1-16-5-3-4-6-19(16)7-8-20-14-18(13-17(2)21(20)23)15-22-9-11-24-12-10-22/h3-8,13-14,23H,9-12,15H2,1-2H3/b8-7+. The Hall–Kier alpha value is -2.10. The Balaban J connectivity index is 1.83. The third kappa shape index (κ3) is 4.05. The zero-order valence-electron chi connectivity index (χ0n) is 14.5. The molecule has 0 radical (unpaired) electrons. The summed E-state index contributed by atoms with van der Waals surface area (Å²) in [6.45, 7) is 8.50. The normalized spacial score (nSPS) is 15.9. The maximum Gasteiger partial charge on any atom is 0.125 e. The minimum absolute atomic E-state index is 0.366. The molecule has 0 spiro atoms. The second-order valence-electron chi connectivity index (χ2n) is 6.43. The van der Waals surface area contributed by atoms with Gasteiger partial charge in [0.2, 0.25) is 0 Å². The van der Waals surface area contributed by atoms with Crippen molar-refractivity contribution in [3.05, 3.63) is 64.2 Å². The molecule has 0 bridgehead atoms. The molecule has 1 N–H and O–H groups in total. The molecule has 1 aliphatic heterocycles. The highest BCUT2D eigenvalue weighted by Crippen LogP contribution is 2.27.